The monoisotopic (exact) mass is 255 g/mol. The fourth-order valence-electron chi connectivity index (χ4n) is 3.09. The van der Waals surface area contributed by atoms with E-state index >= 15 is 0 Å². The molecule has 2 aliphatic heterocycles. The fourth-order valence-corrected chi connectivity index (χ4v) is 3.09. The zero-order chi connectivity index (χ0) is 13.0. The number of hydrogen-bond acceptors (Lipinski definition) is 4. The Morgan fingerprint density at radius 2 is 1.94 bits per heavy atom. The lowest BCUT2D eigenvalue weighted by molar-refractivity contribution is 0.0927. The normalized spacial score (nSPS) is 29.0. The molecule has 4 nitrogen and oxygen atoms in total. The van der Waals surface area contributed by atoms with E-state index in [4.69, 9.17) is 4.74 Å². The van der Waals surface area contributed by atoms with Gasteiger partial charge >= 0.3 is 0 Å². The second-order valence-electron chi connectivity index (χ2n) is 5.95. The van der Waals surface area contributed by atoms with E-state index in [-0.39, 0.29) is 0 Å². The Bertz CT molecular complexity index is 233. The van der Waals surface area contributed by atoms with Gasteiger partial charge in [0.1, 0.15) is 0 Å². The molecule has 0 spiro atoms. The van der Waals surface area contributed by atoms with Gasteiger partial charge in [-0.1, -0.05) is 0 Å². The Morgan fingerprint density at radius 1 is 1.22 bits per heavy atom. The van der Waals surface area contributed by atoms with Gasteiger partial charge in [-0.15, -0.1) is 0 Å². The third-order valence-corrected chi connectivity index (χ3v) is 4.50. The predicted octanol–water partition coefficient (Wildman–Crippen LogP) is 0.637. The molecule has 106 valence electrons. The first-order valence-electron chi connectivity index (χ1n) is 7.42. The van der Waals surface area contributed by atoms with Crippen molar-refractivity contribution in [2.24, 2.45) is 5.92 Å². The van der Waals surface area contributed by atoms with Crippen LogP contribution in [0, 0.1) is 5.92 Å². The highest BCUT2D eigenvalue weighted by atomic mass is 16.5. The van der Waals surface area contributed by atoms with Crippen LogP contribution in [0.5, 0.6) is 0 Å². The topological polar surface area (TPSA) is 27.7 Å². The third kappa shape index (κ3) is 3.67. The molecule has 0 aromatic carbocycles. The van der Waals surface area contributed by atoms with E-state index in [0.29, 0.717) is 18.0 Å². The van der Waals surface area contributed by atoms with Crippen molar-refractivity contribution < 1.29 is 4.74 Å². The van der Waals surface area contributed by atoms with Crippen LogP contribution in [0.3, 0.4) is 0 Å². The summed E-state index contributed by atoms with van der Waals surface area (Å²) >= 11 is 0. The lowest BCUT2D eigenvalue weighted by atomic mass is 9.98. The fraction of sp³-hybridized carbons (Fsp3) is 1.00. The van der Waals surface area contributed by atoms with Crippen molar-refractivity contribution in [3.8, 4) is 0 Å². The van der Waals surface area contributed by atoms with Crippen LogP contribution >= 0.6 is 0 Å². The third-order valence-electron chi connectivity index (χ3n) is 4.50. The van der Waals surface area contributed by atoms with E-state index in [9.17, 15) is 0 Å². The van der Waals surface area contributed by atoms with E-state index in [0.717, 1.165) is 13.2 Å². The average Bonchev–Trinajstić information content (AvgIpc) is 2.90. The minimum absolute atomic E-state index is 0.595. The van der Waals surface area contributed by atoms with Crippen LogP contribution in [0.1, 0.15) is 20.3 Å². The van der Waals surface area contributed by atoms with Crippen molar-refractivity contribution in [2.75, 3.05) is 53.0 Å². The van der Waals surface area contributed by atoms with E-state index in [1.165, 1.54) is 39.1 Å². The van der Waals surface area contributed by atoms with Gasteiger partial charge in [-0.2, -0.15) is 0 Å². The molecule has 1 N–H and O–H groups in total. The summed E-state index contributed by atoms with van der Waals surface area (Å²) in [5.41, 5.74) is 0. The molecule has 2 aliphatic rings. The molecular formula is C14H29N3O. The molecule has 2 heterocycles. The summed E-state index contributed by atoms with van der Waals surface area (Å²) in [6.45, 7) is 12.5. The van der Waals surface area contributed by atoms with Crippen molar-refractivity contribution in [3.63, 3.8) is 0 Å². The number of rotatable bonds is 5. The van der Waals surface area contributed by atoms with Crippen molar-refractivity contribution in [1.29, 1.82) is 0 Å². The summed E-state index contributed by atoms with van der Waals surface area (Å²) in [4.78, 5) is 5.18. The molecule has 2 fully saturated rings. The molecule has 0 aromatic heterocycles. The summed E-state index contributed by atoms with van der Waals surface area (Å²) < 4.78 is 5.51. The van der Waals surface area contributed by atoms with Gasteiger partial charge in [0.25, 0.3) is 0 Å². The standard InChI is InChI=1S/C14H29N3O/c1-12(2)17-7-5-16(6-8-17)10-14(15-3)13-4-9-18-11-13/h12-15H,4-11H2,1-3H3. The molecule has 2 saturated heterocycles. The highest BCUT2D eigenvalue weighted by Gasteiger charge is 2.27. The van der Waals surface area contributed by atoms with Crippen LogP contribution in [-0.2, 0) is 4.74 Å². The predicted molar refractivity (Wildman–Crippen MR) is 74.9 cm³/mol. The Morgan fingerprint density at radius 3 is 2.44 bits per heavy atom. The van der Waals surface area contributed by atoms with Crippen molar-refractivity contribution >= 4 is 0 Å². The van der Waals surface area contributed by atoms with Crippen LogP contribution in [0.25, 0.3) is 0 Å². The van der Waals surface area contributed by atoms with Crippen molar-refractivity contribution in [2.45, 2.75) is 32.4 Å². The van der Waals surface area contributed by atoms with Crippen LogP contribution in [0.15, 0.2) is 0 Å². The average molecular weight is 255 g/mol. The molecule has 0 bridgehead atoms. The van der Waals surface area contributed by atoms with E-state index in [2.05, 4.69) is 36.0 Å². The lowest BCUT2D eigenvalue weighted by Crippen LogP contribution is -2.53. The lowest BCUT2D eigenvalue weighted by Gasteiger charge is -2.39. The first-order valence-corrected chi connectivity index (χ1v) is 7.42. The Labute approximate surface area is 112 Å². The second-order valence-corrected chi connectivity index (χ2v) is 5.95. The molecule has 0 saturated carbocycles. The molecule has 2 atom stereocenters. The summed E-state index contributed by atoms with van der Waals surface area (Å²) in [7, 11) is 2.09. The maximum Gasteiger partial charge on any atom is 0.0510 e. The van der Waals surface area contributed by atoms with Gasteiger partial charge in [-0.3, -0.25) is 9.80 Å². The second kappa shape index (κ2) is 6.85. The molecular weight excluding hydrogens is 226 g/mol. The van der Waals surface area contributed by atoms with Gasteiger partial charge in [0.2, 0.25) is 0 Å². The first-order chi connectivity index (χ1) is 8.70. The number of ether oxygens (including phenoxy) is 1. The van der Waals surface area contributed by atoms with Crippen LogP contribution < -0.4 is 5.32 Å². The van der Waals surface area contributed by atoms with Crippen LogP contribution in [0.2, 0.25) is 0 Å². The summed E-state index contributed by atoms with van der Waals surface area (Å²) in [6.07, 6.45) is 1.22. The van der Waals surface area contributed by atoms with E-state index < -0.39 is 0 Å². The van der Waals surface area contributed by atoms with Crippen LogP contribution in [0.4, 0.5) is 0 Å². The molecule has 18 heavy (non-hydrogen) atoms. The Balaban J connectivity index is 1.75. The van der Waals surface area contributed by atoms with Crippen molar-refractivity contribution in [1.82, 2.24) is 15.1 Å². The number of nitrogens with zero attached hydrogens (tertiary/aromatic N) is 2. The van der Waals surface area contributed by atoms with Gasteiger partial charge in [-0.05, 0) is 27.3 Å². The van der Waals surface area contributed by atoms with E-state index in [1.54, 1.807) is 0 Å². The number of nitrogens with one attached hydrogen (secondary N) is 1. The molecule has 0 aliphatic carbocycles. The summed E-state index contributed by atoms with van der Waals surface area (Å²) in [6, 6.07) is 1.29. The number of hydrogen-bond donors (Lipinski definition) is 1. The zero-order valence-electron chi connectivity index (χ0n) is 12.2. The SMILES string of the molecule is CNC(CN1CCN(C(C)C)CC1)C1CCOC1. The molecule has 0 aromatic rings. The van der Waals surface area contributed by atoms with Crippen LogP contribution in [-0.4, -0.2) is 74.9 Å². The maximum atomic E-state index is 5.51. The van der Waals surface area contributed by atoms with Crippen molar-refractivity contribution in [3.05, 3.63) is 0 Å². The van der Waals surface area contributed by atoms with E-state index in [1.807, 2.05) is 0 Å². The van der Waals surface area contributed by atoms with Gasteiger partial charge in [0.15, 0.2) is 0 Å². The molecule has 0 radical (unpaired) electrons. The van der Waals surface area contributed by atoms with Gasteiger partial charge in [-0.25, -0.2) is 0 Å². The largest absolute Gasteiger partial charge is 0.381 e. The minimum atomic E-state index is 0.595. The Hall–Kier alpha value is -0.160. The quantitative estimate of drug-likeness (QED) is 0.780. The molecule has 4 heteroatoms. The molecule has 0 amide bonds. The number of piperazine rings is 1. The smallest absolute Gasteiger partial charge is 0.0510 e. The minimum Gasteiger partial charge on any atom is -0.381 e. The van der Waals surface area contributed by atoms with Gasteiger partial charge < -0.3 is 10.1 Å². The summed E-state index contributed by atoms with van der Waals surface area (Å²) in [5, 5.41) is 3.49. The number of likely N-dealkylation sites (N-methyl/N-ethyl adjacent to an activating group) is 1. The summed E-state index contributed by atoms with van der Waals surface area (Å²) in [5.74, 6) is 0.707. The zero-order valence-corrected chi connectivity index (χ0v) is 12.2. The highest BCUT2D eigenvalue weighted by Crippen LogP contribution is 2.18. The molecule has 2 unspecified atom stereocenters. The first kappa shape index (κ1) is 14.3. The Kier molecular flexibility index (Phi) is 5.42. The highest BCUT2D eigenvalue weighted by molar-refractivity contribution is 4.83. The van der Waals surface area contributed by atoms with Gasteiger partial charge in [0, 0.05) is 57.3 Å². The maximum absolute atomic E-state index is 5.51. The van der Waals surface area contributed by atoms with Gasteiger partial charge in [0.05, 0.1) is 6.61 Å². The molecule has 2 rings (SSSR count).